The Labute approximate surface area is 108 Å². The fourth-order valence-corrected chi connectivity index (χ4v) is 1.36. The number of nitrogen functional groups attached to an aromatic ring is 1. The van der Waals surface area contributed by atoms with Crippen molar-refractivity contribution in [3.63, 3.8) is 0 Å². The summed E-state index contributed by atoms with van der Waals surface area (Å²) in [5, 5.41) is 14.7. The van der Waals surface area contributed by atoms with Gasteiger partial charge in [0.15, 0.2) is 0 Å². The highest BCUT2D eigenvalue weighted by Crippen LogP contribution is 2.25. The fourth-order valence-electron chi connectivity index (χ4n) is 1.36. The Balaban J connectivity index is 2.18. The summed E-state index contributed by atoms with van der Waals surface area (Å²) in [7, 11) is 0. The first kappa shape index (κ1) is 12.4. The van der Waals surface area contributed by atoms with Gasteiger partial charge in [0, 0.05) is 0 Å². The first-order valence-corrected chi connectivity index (χ1v) is 5.27. The molecule has 1 aromatic carbocycles. The molecule has 0 atom stereocenters. The normalized spacial score (nSPS) is 10.5. The number of benzene rings is 1. The van der Waals surface area contributed by atoms with E-state index in [4.69, 9.17) is 5.73 Å². The van der Waals surface area contributed by atoms with Crippen molar-refractivity contribution >= 4 is 23.5 Å². The van der Waals surface area contributed by atoms with Crippen molar-refractivity contribution in [2.24, 2.45) is 5.10 Å². The van der Waals surface area contributed by atoms with E-state index in [0.717, 1.165) is 11.9 Å². The smallest absolute Gasteiger partial charge is 0.354 e. The highest BCUT2D eigenvalue weighted by Gasteiger charge is 2.20. The van der Waals surface area contributed by atoms with Gasteiger partial charge in [0.25, 0.3) is 0 Å². The number of hydrogen-bond donors (Lipinski definition) is 2. The number of hydrogen-bond acceptors (Lipinski definition) is 7. The minimum Gasteiger partial charge on any atom is -0.378 e. The molecule has 0 aliphatic heterocycles. The molecule has 0 spiro atoms. The summed E-state index contributed by atoms with van der Waals surface area (Å²) in [5.74, 6) is -0.262. The van der Waals surface area contributed by atoms with Crippen LogP contribution in [0, 0.1) is 10.1 Å². The number of nitrogens with zero attached hydrogens (tertiary/aromatic N) is 4. The van der Waals surface area contributed by atoms with E-state index >= 15 is 0 Å². The van der Waals surface area contributed by atoms with Crippen molar-refractivity contribution in [1.82, 2.24) is 9.97 Å². The van der Waals surface area contributed by atoms with Crippen molar-refractivity contribution in [3.05, 3.63) is 52.3 Å². The summed E-state index contributed by atoms with van der Waals surface area (Å²) in [6.45, 7) is 0. The van der Waals surface area contributed by atoms with Gasteiger partial charge in [-0.1, -0.05) is 30.3 Å². The van der Waals surface area contributed by atoms with Crippen molar-refractivity contribution in [1.29, 1.82) is 0 Å². The molecule has 96 valence electrons. The zero-order valence-corrected chi connectivity index (χ0v) is 9.72. The predicted molar refractivity (Wildman–Crippen MR) is 70.8 cm³/mol. The molecule has 0 fully saturated rings. The Kier molecular flexibility index (Phi) is 3.62. The minimum absolute atomic E-state index is 0.0512. The van der Waals surface area contributed by atoms with E-state index in [1.165, 1.54) is 6.21 Å². The van der Waals surface area contributed by atoms with Crippen LogP contribution in [-0.4, -0.2) is 21.1 Å². The minimum atomic E-state index is -0.657. The second-order valence-electron chi connectivity index (χ2n) is 3.49. The maximum absolute atomic E-state index is 10.8. The van der Waals surface area contributed by atoms with E-state index in [-0.39, 0.29) is 11.6 Å². The molecule has 0 aliphatic carbocycles. The van der Waals surface area contributed by atoms with Crippen LogP contribution < -0.4 is 11.2 Å². The number of hydrazone groups is 1. The molecule has 0 saturated carbocycles. The maximum Gasteiger partial charge on any atom is 0.354 e. The van der Waals surface area contributed by atoms with Crippen LogP contribution in [0.4, 0.5) is 17.3 Å². The van der Waals surface area contributed by atoms with Crippen molar-refractivity contribution in [3.8, 4) is 0 Å². The molecule has 1 heterocycles. The lowest BCUT2D eigenvalue weighted by molar-refractivity contribution is -0.383. The second kappa shape index (κ2) is 5.54. The van der Waals surface area contributed by atoms with Gasteiger partial charge in [0.1, 0.15) is 6.33 Å². The van der Waals surface area contributed by atoms with Gasteiger partial charge in [-0.3, -0.25) is 15.5 Å². The van der Waals surface area contributed by atoms with E-state index in [2.05, 4.69) is 20.5 Å². The number of nitrogens with one attached hydrogen (secondary N) is 1. The molecule has 0 radical (unpaired) electrons. The van der Waals surface area contributed by atoms with E-state index in [1.807, 2.05) is 30.3 Å². The first-order chi connectivity index (χ1) is 9.18. The summed E-state index contributed by atoms with van der Waals surface area (Å²) in [4.78, 5) is 17.5. The van der Waals surface area contributed by atoms with Crippen molar-refractivity contribution < 1.29 is 4.92 Å². The van der Waals surface area contributed by atoms with Crippen LogP contribution in [0.25, 0.3) is 0 Å². The van der Waals surface area contributed by atoms with Crippen LogP contribution >= 0.6 is 0 Å². The van der Waals surface area contributed by atoms with E-state index < -0.39 is 10.6 Å². The van der Waals surface area contributed by atoms with Gasteiger partial charge in [0.2, 0.25) is 11.6 Å². The lowest BCUT2D eigenvalue weighted by atomic mass is 10.2. The third-order valence-corrected chi connectivity index (χ3v) is 2.22. The Morgan fingerprint density at radius 3 is 2.74 bits per heavy atom. The summed E-state index contributed by atoms with van der Waals surface area (Å²) < 4.78 is 0. The van der Waals surface area contributed by atoms with Crippen LogP contribution in [0.5, 0.6) is 0 Å². The SMILES string of the molecule is Nc1ncnc(N/N=C/c2ccccc2)c1[N+](=O)[O-]. The van der Waals surface area contributed by atoms with Crippen LogP contribution in [0.15, 0.2) is 41.8 Å². The molecule has 0 unspecified atom stereocenters. The Bertz CT molecular complexity index is 614. The van der Waals surface area contributed by atoms with Crippen LogP contribution in [0.1, 0.15) is 5.56 Å². The molecule has 0 amide bonds. The number of nitro groups is 1. The van der Waals surface area contributed by atoms with Gasteiger partial charge in [-0.25, -0.2) is 9.97 Å². The summed E-state index contributed by atoms with van der Waals surface area (Å²) in [5.41, 5.74) is 8.35. The van der Waals surface area contributed by atoms with Gasteiger partial charge in [-0.05, 0) is 5.56 Å². The van der Waals surface area contributed by atoms with Gasteiger partial charge >= 0.3 is 5.69 Å². The molecular weight excluding hydrogens is 248 g/mol. The third-order valence-electron chi connectivity index (χ3n) is 2.22. The predicted octanol–water partition coefficient (Wildman–Crippen LogP) is 1.41. The highest BCUT2D eigenvalue weighted by atomic mass is 16.6. The molecule has 3 N–H and O–H groups in total. The summed E-state index contributed by atoms with van der Waals surface area (Å²) in [6.07, 6.45) is 2.64. The van der Waals surface area contributed by atoms with E-state index in [1.54, 1.807) is 0 Å². The van der Waals surface area contributed by atoms with Crippen LogP contribution in [-0.2, 0) is 0 Å². The number of aromatic nitrogens is 2. The molecule has 0 aliphatic rings. The quantitative estimate of drug-likeness (QED) is 0.486. The number of rotatable bonds is 4. The van der Waals surface area contributed by atoms with Crippen molar-refractivity contribution in [2.45, 2.75) is 0 Å². The Hall–Kier alpha value is -3.03. The monoisotopic (exact) mass is 258 g/mol. The van der Waals surface area contributed by atoms with Gasteiger partial charge in [-0.2, -0.15) is 5.10 Å². The number of anilines is 2. The molecule has 19 heavy (non-hydrogen) atoms. The van der Waals surface area contributed by atoms with Crippen LogP contribution in [0.2, 0.25) is 0 Å². The molecule has 8 heteroatoms. The average molecular weight is 258 g/mol. The largest absolute Gasteiger partial charge is 0.378 e. The Morgan fingerprint density at radius 2 is 2.05 bits per heavy atom. The molecule has 2 rings (SSSR count). The van der Waals surface area contributed by atoms with E-state index in [9.17, 15) is 10.1 Å². The third kappa shape index (κ3) is 3.00. The van der Waals surface area contributed by atoms with Gasteiger partial charge in [0.05, 0.1) is 11.1 Å². The maximum atomic E-state index is 10.8. The van der Waals surface area contributed by atoms with Gasteiger partial charge in [-0.15, -0.1) is 0 Å². The standard InChI is InChI=1S/C11H10N6O2/c12-10-9(17(18)19)11(14-7-13-10)16-15-6-8-4-2-1-3-5-8/h1-7H,(H3,12,13,14,16)/b15-6+. The summed E-state index contributed by atoms with van der Waals surface area (Å²) >= 11 is 0. The molecular formula is C11H10N6O2. The van der Waals surface area contributed by atoms with Crippen LogP contribution in [0.3, 0.4) is 0 Å². The molecule has 0 saturated heterocycles. The molecule has 0 bridgehead atoms. The zero-order valence-electron chi connectivity index (χ0n) is 9.72. The molecule has 1 aromatic heterocycles. The van der Waals surface area contributed by atoms with Gasteiger partial charge < -0.3 is 5.73 Å². The zero-order chi connectivity index (χ0) is 13.7. The lowest BCUT2D eigenvalue weighted by Gasteiger charge is -2.01. The number of nitrogens with two attached hydrogens (primary N) is 1. The van der Waals surface area contributed by atoms with E-state index in [0.29, 0.717) is 0 Å². The highest BCUT2D eigenvalue weighted by molar-refractivity contribution is 5.80. The summed E-state index contributed by atoms with van der Waals surface area (Å²) in [6, 6.07) is 9.27. The topological polar surface area (TPSA) is 119 Å². The van der Waals surface area contributed by atoms with Crippen molar-refractivity contribution in [2.75, 3.05) is 11.2 Å². The lowest BCUT2D eigenvalue weighted by Crippen LogP contribution is -2.04. The Morgan fingerprint density at radius 1 is 1.32 bits per heavy atom. The first-order valence-electron chi connectivity index (χ1n) is 5.27. The molecule has 2 aromatic rings. The molecule has 8 nitrogen and oxygen atoms in total. The second-order valence-corrected chi connectivity index (χ2v) is 3.49. The fraction of sp³-hybridized carbons (Fsp3) is 0. The average Bonchev–Trinajstić information content (AvgIpc) is 2.39.